The predicted octanol–water partition coefficient (Wildman–Crippen LogP) is 1.49. The third-order valence-electron chi connectivity index (χ3n) is 2.98. The van der Waals surface area contributed by atoms with Crippen molar-refractivity contribution in [1.82, 2.24) is 0 Å². The van der Waals surface area contributed by atoms with Crippen molar-refractivity contribution in [2.75, 3.05) is 20.5 Å². The Bertz CT molecular complexity index is 382. The van der Waals surface area contributed by atoms with E-state index < -0.39 is 18.3 Å². The summed E-state index contributed by atoms with van der Waals surface area (Å²) in [5.41, 5.74) is 1.03. The van der Waals surface area contributed by atoms with Crippen molar-refractivity contribution in [1.29, 1.82) is 0 Å². The van der Waals surface area contributed by atoms with Gasteiger partial charge in [-0.25, -0.2) is 0 Å². The molecule has 0 heterocycles. The number of hydrogen-bond acceptors (Lipinski definition) is 5. The number of hydrogen-bond donors (Lipinski definition) is 2. The Morgan fingerprint density at radius 2 is 1.95 bits per heavy atom. The normalized spacial score (nSPS) is 15.4. The van der Waals surface area contributed by atoms with E-state index in [4.69, 9.17) is 14.2 Å². The Kier molecular flexibility index (Phi) is 8.89. The number of benzene rings is 1. The molecule has 1 rings (SSSR count). The zero-order chi connectivity index (χ0) is 15.5. The van der Waals surface area contributed by atoms with Gasteiger partial charge in [-0.05, 0) is 12.0 Å². The number of aliphatic hydroxyl groups is 2. The molecule has 0 saturated heterocycles. The highest BCUT2D eigenvalue weighted by Crippen LogP contribution is 2.10. The van der Waals surface area contributed by atoms with Gasteiger partial charge in [0, 0.05) is 7.11 Å². The zero-order valence-electron chi connectivity index (χ0n) is 12.4. The van der Waals surface area contributed by atoms with Crippen LogP contribution >= 0.6 is 0 Å². The Labute approximate surface area is 125 Å². The summed E-state index contributed by atoms with van der Waals surface area (Å²) in [7, 11) is 1.49. The van der Waals surface area contributed by atoms with E-state index in [2.05, 4.69) is 6.58 Å². The fourth-order valence-electron chi connectivity index (χ4n) is 1.83. The Hall–Kier alpha value is -1.24. The molecule has 2 N–H and O–H groups in total. The predicted molar refractivity (Wildman–Crippen MR) is 79.7 cm³/mol. The maximum atomic E-state index is 10.1. The van der Waals surface area contributed by atoms with Crippen molar-refractivity contribution >= 4 is 0 Å². The van der Waals surface area contributed by atoms with Gasteiger partial charge in [0.15, 0.2) is 0 Å². The minimum Gasteiger partial charge on any atom is -0.390 e. The SMILES string of the molecule is C=CC[C@H](O)[C@H](O)[C@@H](COCc1ccccc1)OCOC. The summed E-state index contributed by atoms with van der Waals surface area (Å²) < 4.78 is 15.8. The van der Waals surface area contributed by atoms with E-state index >= 15 is 0 Å². The molecular formula is C16H24O5. The van der Waals surface area contributed by atoms with E-state index in [9.17, 15) is 10.2 Å². The topological polar surface area (TPSA) is 68.2 Å². The Balaban J connectivity index is 2.46. The lowest BCUT2D eigenvalue weighted by Gasteiger charge is -2.26. The highest BCUT2D eigenvalue weighted by atomic mass is 16.7. The molecule has 0 bridgehead atoms. The summed E-state index contributed by atoms with van der Waals surface area (Å²) in [6.07, 6.45) is -0.832. The van der Waals surface area contributed by atoms with Crippen LogP contribution in [-0.4, -0.2) is 49.0 Å². The van der Waals surface area contributed by atoms with Crippen molar-refractivity contribution in [3.05, 3.63) is 48.6 Å². The van der Waals surface area contributed by atoms with Crippen LogP contribution in [0.3, 0.4) is 0 Å². The number of methoxy groups -OCH3 is 1. The van der Waals surface area contributed by atoms with Gasteiger partial charge in [0.25, 0.3) is 0 Å². The van der Waals surface area contributed by atoms with Crippen molar-refractivity contribution in [2.24, 2.45) is 0 Å². The first kappa shape index (κ1) is 17.8. The summed E-state index contributed by atoms with van der Waals surface area (Å²) in [4.78, 5) is 0. The number of aliphatic hydroxyl groups excluding tert-OH is 2. The summed E-state index contributed by atoms with van der Waals surface area (Å²) in [6.45, 7) is 4.14. The Morgan fingerprint density at radius 1 is 1.24 bits per heavy atom. The summed E-state index contributed by atoms with van der Waals surface area (Å²) in [5, 5.41) is 19.9. The largest absolute Gasteiger partial charge is 0.390 e. The van der Waals surface area contributed by atoms with Crippen LogP contribution in [-0.2, 0) is 20.8 Å². The van der Waals surface area contributed by atoms with Crippen LogP contribution in [0, 0.1) is 0 Å². The van der Waals surface area contributed by atoms with E-state index in [1.165, 1.54) is 7.11 Å². The van der Waals surface area contributed by atoms with E-state index in [0.29, 0.717) is 6.61 Å². The van der Waals surface area contributed by atoms with Gasteiger partial charge < -0.3 is 24.4 Å². The molecule has 5 nitrogen and oxygen atoms in total. The zero-order valence-corrected chi connectivity index (χ0v) is 12.4. The quantitative estimate of drug-likeness (QED) is 0.478. The van der Waals surface area contributed by atoms with Crippen LogP contribution in [0.2, 0.25) is 0 Å². The van der Waals surface area contributed by atoms with Gasteiger partial charge in [-0.15, -0.1) is 6.58 Å². The molecule has 118 valence electrons. The summed E-state index contributed by atoms with van der Waals surface area (Å²) >= 11 is 0. The van der Waals surface area contributed by atoms with Crippen molar-refractivity contribution < 1.29 is 24.4 Å². The molecule has 3 atom stereocenters. The molecule has 5 heteroatoms. The first-order valence-electron chi connectivity index (χ1n) is 6.88. The molecule has 0 aromatic heterocycles. The summed E-state index contributed by atoms with van der Waals surface area (Å²) in [6, 6.07) is 9.70. The molecule has 0 aliphatic carbocycles. The molecule has 1 aromatic carbocycles. The first-order chi connectivity index (χ1) is 10.2. The van der Waals surface area contributed by atoms with E-state index in [-0.39, 0.29) is 19.8 Å². The first-order valence-corrected chi connectivity index (χ1v) is 6.88. The van der Waals surface area contributed by atoms with Crippen LogP contribution in [0.5, 0.6) is 0 Å². The maximum absolute atomic E-state index is 10.1. The lowest BCUT2D eigenvalue weighted by Crippen LogP contribution is -2.42. The van der Waals surface area contributed by atoms with E-state index in [1.807, 2.05) is 30.3 Å². The van der Waals surface area contributed by atoms with Gasteiger partial charge in [-0.1, -0.05) is 36.4 Å². The minimum atomic E-state index is -1.06. The van der Waals surface area contributed by atoms with Crippen molar-refractivity contribution in [2.45, 2.75) is 31.3 Å². The molecule has 0 amide bonds. The van der Waals surface area contributed by atoms with Gasteiger partial charge >= 0.3 is 0 Å². The van der Waals surface area contributed by atoms with Crippen molar-refractivity contribution in [3.8, 4) is 0 Å². The van der Waals surface area contributed by atoms with Gasteiger partial charge in [-0.3, -0.25) is 0 Å². The lowest BCUT2D eigenvalue weighted by molar-refractivity contribution is -0.158. The third kappa shape index (κ3) is 6.84. The van der Waals surface area contributed by atoms with Gasteiger partial charge in [0.2, 0.25) is 0 Å². The van der Waals surface area contributed by atoms with Crippen LogP contribution in [0.1, 0.15) is 12.0 Å². The number of ether oxygens (including phenoxy) is 3. The second-order valence-corrected chi connectivity index (χ2v) is 4.69. The lowest BCUT2D eigenvalue weighted by atomic mass is 10.1. The fourth-order valence-corrected chi connectivity index (χ4v) is 1.83. The van der Waals surface area contributed by atoms with Gasteiger partial charge in [0.05, 0.1) is 19.3 Å². The fraction of sp³-hybridized carbons (Fsp3) is 0.500. The molecule has 1 aromatic rings. The monoisotopic (exact) mass is 296 g/mol. The number of rotatable bonds is 11. The van der Waals surface area contributed by atoms with Crippen LogP contribution in [0.4, 0.5) is 0 Å². The second-order valence-electron chi connectivity index (χ2n) is 4.69. The molecule has 0 radical (unpaired) electrons. The summed E-state index contributed by atoms with van der Waals surface area (Å²) in [5.74, 6) is 0. The standard InChI is InChI=1S/C16H24O5/c1-3-7-14(17)16(18)15(21-12-19-2)11-20-10-13-8-5-4-6-9-13/h3-6,8-9,14-18H,1,7,10-12H2,2H3/t14-,15+,16-/m0/s1. The van der Waals surface area contributed by atoms with Gasteiger partial charge in [-0.2, -0.15) is 0 Å². The molecule has 21 heavy (non-hydrogen) atoms. The molecule has 0 spiro atoms. The smallest absolute Gasteiger partial charge is 0.146 e. The van der Waals surface area contributed by atoms with Crippen molar-refractivity contribution in [3.63, 3.8) is 0 Å². The maximum Gasteiger partial charge on any atom is 0.146 e. The second kappa shape index (κ2) is 10.5. The van der Waals surface area contributed by atoms with E-state index in [0.717, 1.165) is 5.56 Å². The average Bonchev–Trinajstić information content (AvgIpc) is 2.51. The average molecular weight is 296 g/mol. The minimum absolute atomic E-state index is 0.0250. The highest BCUT2D eigenvalue weighted by Gasteiger charge is 2.26. The van der Waals surface area contributed by atoms with Crippen LogP contribution < -0.4 is 0 Å². The molecule has 0 fully saturated rings. The Morgan fingerprint density at radius 3 is 2.57 bits per heavy atom. The van der Waals surface area contributed by atoms with Crippen LogP contribution in [0.25, 0.3) is 0 Å². The molecule has 0 saturated carbocycles. The molecular weight excluding hydrogens is 272 g/mol. The third-order valence-corrected chi connectivity index (χ3v) is 2.98. The van der Waals surface area contributed by atoms with E-state index in [1.54, 1.807) is 6.08 Å². The highest BCUT2D eigenvalue weighted by molar-refractivity contribution is 5.13. The van der Waals surface area contributed by atoms with Crippen LogP contribution in [0.15, 0.2) is 43.0 Å². The molecule has 0 unspecified atom stereocenters. The molecule has 0 aliphatic rings. The van der Waals surface area contributed by atoms with Gasteiger partial charge in [0.1, 0.15) is 19.0 Å². The molecule has 0 aliphatic heterocycles.